The maximum absolute atomic E-state index is 13.4. The number of thiophene rings is 1. The summed E-state index contributed by atoms with van der Waals surface area (Å²) in [6.07, 6.45) is 0. The average molecular weight is 469 g/mol. The van der Waals surface area contributed by atoms with Crippen molar-refractivity contribution in [3.05, 3.63) is 81.1 Å². The second kappa shape index (κ2) is 8.23. The van der Waals surface area contributed by atoms with Gasteiger partial charge in [0.1, 0.15) is 11.4 Å². The van der Waals surface area contributed by atoms with E-state index in [1.165, 1.54) is 16.2 Å². The summed E-state index contributed by atoms with van der Waals surface area (Å²) in [5.74, 6) is -0.293. The molecule has 0 fully saturated rings. The molecular formula is C22H17BrN2O3S. The van der Waals surface area contributed by atoms with E-state index < -0.39 is 5.91 Å². The van der Waals surface area contributed by atoms with E-state index in [4.69, 9.17) is 4.74 Å². The van der Waals surface area contributed by atoms with Crippen LogP contribution in [-0.2, 0) is 9.59 Å². The topological polar surface area (TPSA) is 58.6 Å². The van der Waals surface area contributed by atoms with Gasteiger partial charge in [0.25, 0.3) is 11.8 Å². The van der Waals surface area contributed by atoms with Gasteiger partial charge in [-0.25, -0.2) is 4.90 Å². The predicted octanol–water partition coefficient (Wildman–Crippen LogP) is 5.31. The van der Waals surface area contributed by atoms with Gasteiger partial charge < -0.3 is 10.1 Å². The highest BCUT2D eigenvalue weighted by Crippen LogP contribution is 2.39. The number of carbonyl (C=O) groups excluding carboxylic acids is 2. The molecule has 3 aromatic rings. The number of amides is 2. The second-order valence-corrected chi connectivity index (χ2v) is 8.07. The molecule has 2 amide bonds. The Bertz CT molecular complexity index is 1110. The molecule has 0 bridgehead atoms. The van der Waals surface area contributed by atoms with Crippen molar-refractivity contribution in [1.82, 2.24) is 0 Å². The van der Waals surface area contributed by atoms with Crippen LogP contribution in [0.2, 0.25) is 0 Å². The normalized spacial score (nSPS) is 13.9. The number of ether oxygens (including phenoxy) is 1. The largest absolute Gasteiger partial charge is 0.492 e. The van der Waals surface area contributed by atoms with Crippen LogP contribution in [0.1, 0.15) is 11.8 Å². The third kappa shape index (κ3) is 3.71. The lowest BCUT2D eigenvalue weighted by atomic mass is 10.2. The number of hydrogen-bond donors (Lipinski definition) is 1. The van der Waals surface area contributed by atoms with E-state index in [1.807, 2.05) is 54.8 Å². The molecule has 0 unspecified atom stereocenters. The zero-order valence-corrected chi connectivity index (χ0v) is 17.9. The Morgan fingerprint density at radius 1 is 1.03 bits per heavy atom. The highest BCUT2D eigenvalue weighted by atomic mass is 79.9. The highest BCUT2D eigenvalue weighted by molar-refractivity contribution is 9.10. The molecule has 7 heteroatoms. The fourth-order valence-electron chi connectivity index (χ4n) is 3.14. The van der Waals surface area contributed by atoms with Gasteiger partial charge in [0, 0.05) is 15.0 Å². The van der Waals surface area contributed by atoms with Crippen molar-refractivity contribution >= 4 is 56.0 Å². The maximum atomic E-state index is 13.4. The van der Waals surface area contributed by atoms with E-state index in [2.05, 4.69) is 21.2 Å². The minimum absolute atomic E-state index is 0.252. The molecule has 0 saturated carbocycles. The summed E-state index contributed by atoms with van der Waals surface area (Å²) in [7, 11) is 0. The third-order valence-corrected chi connectivity index (χ3v) is 5.73. The van der Waals surface area contributed by atoms with E-state index >= 15 is 0 Å². The monoisotopic (exact) mass is 468 g/mol. The smallest absolute Gasteiger partial charge is 0.282 e. The van der Waals surface area contributed by atoms with Crippen molar-refractivity contribution in [1.29, 1.82) is 0 Å². The quantitative estimate of drug-likeness (QED) is 0.498. The summed E-state index contributed by atoms with van der Waals surface area (Å²) in [5.41, 5.74) is 1.76. The number of carbonyl (C=O) groups is 2. The lowest BCUT2D eigenvalue weighted by molar-refractivity contribution is -0.120. The molecule has 146 valence electrons. The molecule has 2 heterocycles. The summed E-state index contributed by atoms with van der Waals surface area (Å²) in [5, 5.41) is 5.04. The molecule has 1 aliphatic rings. The molecule has 0 atom stereocenters. The van der Waals surface area contributed by atoms with Crippen LogP contribution in [0, 0.1) is 0 Å². The minimum atomic E-state index is -0.412. The summed E-state index contributed by atoms with van der Waals surface area (Å²) in [6, 6.07) is 18.2. The van der Waals surface area contributed by atoms with Crippen molar-refractivity contribution in [2.45, 2.75) is 6.92 Å². The summed E-state index contributed by atoms with van der Waals surface area (Å²) in [4.78, 5) is 28.7. The van der Waals surface area contributed by atoms with Crippen LogP contribution in [0.25, 0.3) is 5.57 Å². The average Bonchev–Trinajstić information content (AvgIpc) is 3.30. The zero-order chi connectivity index (χ0) is 20.4. The van der Waals surface area contributed by atoms with Crippen LogP contribution in [0.3, 0.4) is 0 Å². The summed E-state index contributed by atoms with van der Waals surface area (Å²) < 4.78 is 6.52. The molecule has 4 rings (SSSR count). The Kier molecular flexibility index (Phi) is 5.51. The van der Waals surface area contributed by atoms with Gasteiger partial charge in [-0.3, -0.25) is 9.59 Å². The number of hydrogen-bond acceptors (Lipinski definition) is 5. The predicted molar refractivity (Wildman–Crippen MR) is 119 cm³/mol. The lowest BCUT2D eigenvalue weighted by Gasteiger charge is -2.19. The van der Waals surface area contributed by atoms with Gasteiger partial charge in [-0.05, 0) is 48.7 Å². The molecule has 5 nitrogen and oxygen atoms in total. The van der Waals surface area contributed by atoms with Crippen molar-refractivity contribution < 1.29 is 14.3 Å². The number of halogens is 1. The summed E-state index contributed by atoms with van der Waals surface area (Å²) in [6.45, 7) is 2.29. The van der Waals surface area contributed by atoms with Crippen LogP contribution in [-0.4, -0.2) is 18.4 Å². The molecule has 0 saturated heterocycles. The van der Waals surface area contributed by atoms with Gasteiger partial charge in [-0.15, -0.1) is 11.3 Å². The Hall–Kier alpha value is -2.90. The van der Waals surface area contributed by atoms with Crippen LogP contribution >= 0.6 is 27.3 Å². The number of imide groups is 1. The molecule has 0 radical (unpaired) electrons. The number of para-hydroxylation sites is 2. The molecule has 2 aromatic carbocycles. The van der Waals surface area contributed by atoms with E-state index in [9.17, 15) is 9.59 Å². The molecule has 0 spiro atoms. The van der Waals surface area contributed by atoms with Gasteiger partial charge in [0.05, 0.1) is 17.9 Å². The fourth-order valence-corrected chi connectivity index (χ4v) is 4.31. The van der Waals surface area contributed by atoms with Gasteiger partial charge in [-0.1, -0.05) is 40.2 Å². The van der Waals surface area contributed by atoms with Crippen LogP contribution < -0.4 is 15.0 Å². The number of rotatable bonds is 6. The highest BCUT2D eigenvalue weighted by Gasteiger charge is 2.41. The van der Waals surface area contributed by atoms with Crippen LogP contribution in [0.5, 0.6) is 5.75 Å². The first kappa shape index (κ1) is 19.4. The lowest BCUT2D eigenvalue weighted by Crippen LogP contribution is -2.32. The molecule has 0 aliphatic carbocycles. The van der Waals surface area contributed by atoms with E-state index in [0.717, 1.165) is 9.35 Å². The molecule has 1 aliphatic heterocycles. The van der Waals surface area contributed by atoms with Crippen molar-refractivity contribution in [2.24, 2.45) is 0 Å². The van der Waals surface area contributed by atoms with E-state index in [-0.39, 0.29) is 11.6 Å². The maximum Gasteiger partial charge on any atom is 0.282 e. The van der Waals surface area contributed by atoms with Crippen molar-refractivity contribution in [3.63, 3.8) is 0 Å². The SMILES string of the molecule is CCOc1ccccc1N1C(=O)C(Nc2cccc(Br)c2)=C(c2cccs2)C1=O. The number of nitrogens with zero attached hydrogens (tertiary/aromatic N) is 1. The molecule has 1 N–H and O–H groups in total. The number of nitrogens with one attached hydrogen (secondary N) is 1. The van der Waals surface area contributed by atoms with Gasteiger partial charge >= 0.3 is 0 Å². The third-order valence-electron chi connectivity index (χ3n) is 4.35. The standard InChI is InChI=1S/C22H17BrN2O3S/c1-2-28-17-10-4-3-9-16(17)25-21(26)19(18-11-6-12-29-18)20(22(25)27)24-15-8-5-7-14(23)13-15/h3-13,24H,2H2,1H3. The molecule has 1 aromatic heterocycles. The first-order valence-corrected chi connectivity index (χ1v) is 10.7. The first-order chi connectivity index (χ1) is 14.1. The fraction of sp³-hybridized carbons (Fsp3) is 0.0909. The van der Waals surface area contributed by atoms with Crippen LogP contribution in [0.15, 0.2) is 76.2 Å². The van der Waals surface area contributed by atoms with E-state index in [1.54, 1.807) is 18.2 Å². The second-order valence-electron chi connectivity index (χ2n) is 6.21. The van der Waals surface area contributed by atoms with Gasteiger partial charge in [0.15, 0.2) is 0 Å². The summed E-state index contributed by atoms with van der Waals surface area (Å²) >= 11 is 4.85. The van der Waals surface area contributed by atoms with Crippen LogP contribution in [0.4, 0.5) is 11.4 Å². The number of anilines is 2. The van der Waals surface area contributed by atoms with Crippen molar-refractivity contribution in [2.75, 3.05) is 16.8 Å². The Labute approximate surface area is 180 Å². The molecule has 29 heavy (non-hydrogen) atoms. The minimum Gasteiger partial charge on any atom is -0.492 e. The van der Waals surface area contributed by atoms with Gasteiger partial charge in [0.2, 0.25) is 0 Å². The van der Waals surface area contributed by atoms with E-state index in [0.29, 0.717) is 29.3 Å². The Morgan fingerprint density at radius 2 is 1.86 bits per heavy atom. The Balaban J connectivity index is 1.81. The Morgan fingerprint density at radius 3 is 2.59 bits per heavy atom. The zero-order valence-electron chi connectivity index (χ0n) is 15.5. The molecular weight excluding hydrogens is 452 g/mol. The van der Waals surface area contributed by atoms with Gasteiger partial charge in [-0.2, -0.15) is 0 Å². The number of benzene rings is 2. The first-order valence-electron chi connectivity index (χ1n) is 9.01. The van der Waals surface area contributed by atoms with Crippen molar-refractivity contribution in [3.8, 4) is 5.75 Å².